The Balaban J connectivity index is 1.86. The Morgan fingerprint density at radius 2 is 1.58 bits per heavy atom. The van der Waals surface area contributed by atoms with E-state index in [0.717, 1.165) is 5.56 Å². The van der Waals surface area contributed by atoms with Gasteiger partial charge in [0.25, 0.3) is 11.8 Å². The molecule has 3 rings (SSSR count). The van der Waals surface area contributed by atoms with E-state index in [4.69, 9.17) is 4.42 Å². The number of imide groups is 2. The molecule has 0 unspecified atom stereocenters. The van der Waals surface area contributed by atoms with Gasteiger partial charge in [-0.25, -0.2) is 4.79 Å². The molecule has 0 atom stereocenters. The zero-order valence-corrected chi connectivity index (χ0v) is 12.6. The van der Waals surface area contributed by atoms with Crippen LogP contribution < -0.4 is 10.6 Å². The van der Waals surface area contributed by atoms with Crippen LogP contribution in [-0.4, -0.2) is 23.6 Å². The summed E-state index contributed by atoms with van der Waals surface area (Å²) in [5.41, 5.74) is 1.12. The van der Waals surface area contributed by atoms with Gasteiger partial charge in [0.05, 0.1) is 0 Å². The Kier molecular flexibility index (Phi) is 3.83. The van der Waals surface area contributed by atoms with Crippen molar-refractivity contribution in [2.75, 3.05) is 0 Å². The van der Waals surface area contributed by atoms with Crippen molar-refractivity contribution in [3.8, 4) is 11.3 Å². The smallest absolute Gasteiger partial charge is 0.328 e. The molecule has 24 heavy (non-hydrogen) atoms. The summed E-state index contributed by atoms with van der Waals surface area (Å²) in [6.45, 7) is 1.48. The molecule has 120 valence electrons. The molecule has 0 aliphatic carbocycles. The number of hydrogen-bond donors (Lipinski definition) is 2. The van der Waals surface area contributed by atoms with Crippen LogP contribution in [0, 0.1) is 0 Å². The van der Waals surface area contributed by atoms with Gasteiger partial charge in [-0.3, -0.25) is 25.0 Å². The summed E-state index contributed by atoms with van der Waals surface area (Å²) in [7, 11) is 0. The van der Waals surface area contributed by atoms with Crippen molar-refractivity contribution in [2.24, 2.45) is 0 Å². The monoisotopic (exact) mass is 324 g/mol. The van der Waals surface area contributed by atoms with Gasteiger partial charge in [-0.1, -0.05) is 24.3 Å². The fraction of sp³-hybridized carbons (Fsp3) is 0.0588. The highest BCUT2D eigenvalue weighted by Crippen LogP contribution is 2.24. The Hall–Kier alpha value is -3.48. The molecule has 2 aromatic rings. The first kappa shape index (κ1) is 15.4. The molecular weight excluding hydrogens is 312 g/mol. The topological polar surface area (TPSA) is 105 Å². The van der Waals surface area contributed by atoms with Gasteiger partial charge in [0, 0.05) is 11.1 Å². The Morgan fingerprint density at radius 1 is 0.958 bits per heavy atom. The third kappa shape index (κ3) is 3.00. The number of amides is 4. The molecule has 4 amide bonds. The normalized spacial score (nSPS) is 14.2. The number of rotatable bonds is 3. The molecule has 1 aromatic carbocycles. The fourth-order valence-electron chi connectivity index (χ4n) is 2.20. The minimum absolute atomic E-state index is 0.0321. The summed E-state index contributed by atoms with van der Waals surface area (Å²) in [6, 6.07) is 9.28. The molecule has 1 saturated heterocycles. The lowest BCUT2D eigenvalue weighted by molar-refractivity contribution is -0.123. The molecule has 1 aliphatic heterocycles. The van der Waals surface area contributed by atoms with Crippen molar-refractivity contribution in [3.05, 3.63) is 53.3 Å². The highest BCUT2D eigenvalue weighted by Gasteiger charge is 2.28. The van der Waals surface area contributed by atoms with Crippen molar-refractivity contribution < 1.29 is 23.6 Å². The van der Waals surface area contributed by atoms with Crippen LogP contribution in [0.25, 0.3) is 17.4 Å². The molecule has 1 aliphatic rings. The van der Waals surface area contributed by atoms with E-state index < -0.39 is 17.8 Å². The third-order valence-corrected chi connectivity index (χ3v) is 3.43. The highest BCUT2D eigenvalue weighted by molar-refractivity contribution is 6.31. The second-order valence-electron chi connectivity index (χ2n) is 5.13. The summed E-state index contributed by atoms with van der Waals surface area (Å²) in [5.74, 6) is -0.796. The van der Waals surface area contributed by atoms with Crippen LogP contribution in [0.2, 0.25) is 0 Å². The predicted octanol–water partition coefficient (Wildman–Crippen LogP) is 1.90. The second-order valence-corrected chi connectivity index (χ2v) is 5.13. The van der Waals surface area contributed by atoms with Crippen LogP contribution in [0.15, 0.2) is 46.4 Å². The Labute approximate surface area is 136 Å². The van der Waals surface area contributed by atoms with Gasteiger partial charge in [-0.2, -0.15) is 0 Å². The molecule has 2 heterocycles. The summed E-state index contributed by atoms with van der Waals surface area (Å²) >= 11 is 0. The summed E-state index contributed by atoms with van der Waals surface area (Å²) < 4.78 is 5.59. The van der Waals surface area contributed by atoms with Gasteiger partial charge in [0.2, 0.25) is 0 Å². The molecule has 0 saturated carbocycles. The number of hydrogen-bond acceptors (Lipinski definition) is 5. The molecular formula is C17H12N2O5. The number of furan rings is 1. The Bertz CT molecular complexity index is 868. The number of Topliss-reactive ketones (excluding diaryl/α,β-unsaturated/α-hetero) is 1. The summed E-state index contributed by atoms with van der Waals surface area (Å²) in [4.78, 5) is 45.6. The van der Waals surface area contributed by atoms with Gasteiger partial charge in [0.15, 0.2) is 5.78 Å². The van der Waals surface area contributed by atoms with Crippen molar-refractivity contribution in [1.82, 2.24) is 10.6 Å². The van der Waals surface area contributed by atoms with E-state index in [0.29, 0.717) is 11.3 Å². The molecule has 0 bridgehead atoms. The number of carbonyl (C=O) groups excluding carboxylic acids is 4. The molecule has 0 spiro atoms. The van der Waals surface area contributed by atoms with Gasteiger partial charge < -0.3 is 4.42 Å². The maximum Gasteiger partial charge on any atom is 0.328 e. The van der Waals surface area contributed by atoms with Crippen LogP contribution in [0.1, 0.15) is 23.0 Å². The van der Waals surface area contributed by atoms with E-state index in [-0.39, 0.29) is 17.1 Å². The number of nitrogens with one attached hydrogen (secondary N) is 2. The minimum atomic E-state index is -0.854. The number of carbonyl (C=O) groups is 4. The van der Waals surface area contributed by atoms with Crippen molar-refractivity contribution in [3.63, 3.8) is 0 Å². The average molecular weight is 324 g/mol. The predicted molar refractivity (Wildman–Crippen MR) is 83.8 cm³/mol. The van der Waals surface area contributed by atoms with E-state index in [1.165, 1.54) is 13.0 Å². The maximum atomic E-state index is 11.7. The van der Waals surface area contributed by atoms with Gasteiger partial charge in [-0.05, 0) is 25.1 Å². The number of barbiturate groups is 1. The van der Waals surface area contributed by atoms with Crippen LogP contribution in [0.5, 0.6) is 0 Å². The molecule has 7 nitrogen and oxygen atoms in total. The highest BCUT2D eigenvalue weighted by atomic mass is 16.3. The number of urea groups is 1. The first-order chi connectivity index (χ1) is 11.4. The zero-order chi connectivity index (χ0) is 17.3. The second kappa shape index (κ2) is 5.96. The number of benzene rings is 1. The SMILES string of the molecule is CC(=O)c1ccc(-c2ccc(C=C3C(=O)NC(=O)NC3=O)o2)cc1. The lowest BCUT2D eigenvalue weighted by Gasteiger charge is -2.13. The van der Waals surface area contributed by atoms with Gasteiger partial charge >= 0.3 is 6.03 Å². The maximum absolute atomic E-state index is 11.7. The molecule has 1 aromatic heterocycles. The van der Waals surface area contributed by atoms with E-state index in [2.05, 4.69) is 0 Å². The minimum Gasteiger partial charge on any atom is -0.457 e. The fourth-order valence-corrected chi connectivity index (χ4v) is 2.20. The van der Waals surface area contributed by atoms with Crippen molar-refractivity contribution >= 4 is 29.7 Å². The average Bonchev–Trinajstić information content (AvgIpc) is 2.99. The Morgan fingerprint density at radius 3 is 2.17 bits per heavy atom. The zero-order valence-electron chi connectivity index (χ0n) is 12.6. The van der Waals surface area contributed by atoms with Gasteiger partial charge in [-0.15, -0.1) is 0 Å². The largest absolute Gasteiger partial charge is 0.457 e. The third-order valence-electron chi connectivity index (χ3n) is 3.43. The molecule has 2 N–H and O–H groups in total. The summed E-state index contributed by atoms with van der Waals surface area (Å²) in [6.07, 6.45) is 1.25. The van der Waals surface area contributed by atoms with E-state index >= 15 is 0 Å². The molecule has 7 heteroatoms. The van der Waals surface area contributed by atoms with E-state index in [9.17, 15) is 19.2 Å². The number of ketones is 1. The lowest BCUT2D eigenvalue weighted by atomic mass is 10.1. The quantitative estimate of drug-likeness (QED) is 0.509. The first-order valence-electron chi connectivity index (χ1n) is 7.03. The summed E-state index contributed by atoms with van der Waals surface area (Å²) in [5, 5.41) is 3.97. The van der Waals surface area contributed by atoms with Crippen molar-refractivity contribution in [1.29, 1.82) is 0 Å². The lowest BCUT2D eigenvalue weighted by Crippen LogP contribution is -2.51. The van der Waals surface area contributed by atoms with Crippen LogP contribution in [-0.2, 0) is 9.59 Å². The van der Waals surface area contributed by atoms with E-state index in [1.54, 1.807) is 36.4 Å². The standard InChI is InChI=1S/C17H12N2O5/c1-9(20)10-2-4-11(5-3-10)14-7-6-12(24-14)8-13-15(21)18-17(23)19-16(13)22/h2-8H,1H3,(H2,18,19,21,22,23). The van der Waals surface area contributed by atoms with Crippen molar-refractivity contribution in [2.45, 2.75) is 6.92 Å². The van der Waals surface area contributed by atoms with Gasteiger partial charge in [0.1, 0.15) is 17.1 Å². The van der Waals surface area contributed by atoms with Crippen LogP contribution in [0.3, 0.4) is 0 Å². The van der Waals surface area contributed by atoms with Crippen LogP contribution >= 0.6 is 0 Å². The van der Waals surface area contributed by atoms with Crippen LogP contribution in [0.4, 0.5) is 4.79 Å². The van der Waals surface area contributed by atoms with E-state index in [1.807, 2.05) is 10.6 Å². The first-order valence-corrected chi connectivity index (χ1v) is 7.03. The molecule has 1 fully saturated rings. The molecule has 0 radical (unpaired) electrons.